The lowest BCUT2D eigenvalue weighted by Gasteiger charge is -2.22. The number of nitrogens with zero attached hydrogens (tertiary/aromatic N) is 2. The molecule has 0 atom stereocenters. The number of nitrogens with one attached hydrogen (secondary N) is 1. The Hall–Kier alpha value is -2.10. The largest absolute Gasteiger partial charge is 0.373 e. The molecule has 0 spiro atoms. The van der Waals surface area contributed by atoms with E-state index in [0.29, 0.717) is 5.92 Å². The molecule has 0 aliphatic heterocycles. The number of pyridine rings is 1. The number of aromatic nitrogens is 1. The maximum atomic E-state index is 12.9. The van der Waals surface area contributed by atoms with Gasteiger partial charge in [0.05, 0.1) is 11.1 Å². The molecule has 1 fully saturated rings. The topological polar surface area (TPSA) is 45.2 Å². The number of fused-ring (bicyclic) bond motifs is 1. The van der Waals surface area contributed by atoms with Crippen LogP contribution in [-0.2, 0) is 0 Å². The Morgan fingerprint density at radius 3 is 2.81 bits per heavy atom. The van der Waals surface area contributed by atoms with E-state index in [1.807, 2.05) is 49.2 Å². The van der Waals surface area contributed by atoms with E-state index in [9.17, 15) is 4.79 Å². The zero-order valence-corrected chi connectivity index (χ0v) is 12.6. The highest BCUT2D eigenvalue weighted by molar-refractivity contribution is 6.07. The average molecular weight is 283 g/mol. The Balaban J connectivity index is 2.02. The summed E-state index contributed by atoms with van der Waals surface area (Å²) in [6.07, 6.45) is 2.51. The zero-order chi connectivity index (χ0) is 14.8. The lowest BCUT2D eigenvalue weighted by atomic mass is 10.1. The molecule has 1 N–H and O–H groups in total. The van der Waals surface area contributed by atoms with Crippen LogP contribution in [0.1, 0.15) is 30.1 Å². The molecule has 0 unspecified atom stereocenters. The van der Waals surface area contributed by atoms with Crippen LogP contribution in [0.25, 0.3) is 10.9 Å². The second-order valence-electron chi connectivity index (χ2n) is 5.61. The minimum atomic E-state index is 0.111. The maximum Gasteiger partial charge on any atom is 0.254 e. The quantitative estimate of drug-likeness (QED) is 0.917. The fourth-order valence-electron chi connectivity index (χ4n) is 2.62. The van der Waals surface area contributed by atoms with Gasteiger partial charge in [0.15, 0.2) is 0 Å². The molecule has 0 saturated heterocycles. The maximum absolute atomic E-state index is 12.9. The molecule has 4 heteroatoms. The minimum Gasteiger partial charge on any atom is -0.373 e. The zero-order valence-electron chi connectivity index (χ0n) is 12.6. The van der Waals surface area contributed by atoms with Crippen molar-refractivity contribution in [3.63, 3.8) is 0 Å². The molecule has 21 heavy (non-hydrogen) atoms. The molecule has 1 saturated carbocycles. The number of anilines is 1. The summed E-state index contributed by atoms with van der Waals surface area (Å²) in [6.45, 7) is 3.67. The van der Waals surface area contributed by atoms with Crippen molar-refractivity contribution in [1.82, 2.24) is 9.88 Å². The fourth-order valence-corrected chi connectivity index (χ4v) is 2.62. The molecule has 1 aromatic carbocycles. The van der Waals surface area contributed by atoms with Gasteiger partial charge in [0, 0.05) is 25.5 Å². The number of benzene rings is 1. The van der Waals surface area contributed by atoms with Crippen molar-refractivity contribution in [2.45, 2.75) is 19.8 Å². The van der Waals surface area contributed by atoms with Crippen LogP contribution in [0.5, 0.6) is 0 Å². The Morgan fingerprint density at radius 1 is 1.38 bits per heavy atom. The monoisotopic (exact) mass is 283 g/mol. The molecule has 1 heterocycles. The van der Waals surface area contributed by atoms with Gasteiger partial charge in [-0.2, -0.15) is 0 Å². The number of amides is 1. The molecule has 1 amide bonds. The summed E-state index contributed by atoms with van der Waals surface area (Å²) in [6, 6.07) is 9.69. The van der Waals surface area contributed by atoms with Crippen molar-refractivity contribution in [2.75, 3.05) is 25.5 Å². The first-order valence-corrected chi connectivity index (χ1v) is 7.59. The fraction of sp³-hybridized carbons (Fsp3) is 0.412. The molecule has 0 bridgehead atoms. The molecule has 3 rings (SSSR count). The van der Waals surface area contributed by atoms with Gasteiger partial charge >= 0.3 is 0 Å². The van der Waals surface area contributed by atoms with Gasteiger partial charge in [-0.25, -0.2) is 4.98 Å². The van der Waals surface area contributed by atoms with E-state index in [-0.39, 0.29) is 5.91 Å². The first-order chi connectivity index (χ1) is 10.2. The Morgan fingerprint density at radius 2 is 2.14 bits per heavy atom. The first-order valence-electron chi connectivity index (χ1n) is 7.59. The second kappa shape index (κ2) is 5.72. The molecule has 2 aromatic rings. The Labute approximate surface area is 125 Å². The van der Waals surface area contributed by atoms with Crippen LogP contribution in [-0.4, -0.2) is 35.9 Å². The molecule has 110 valence electrons. The molecule has 1 aromatic heterocycles. The van der Waals surface area contributed by atoms with Gasteiger partial charge in [0.1, 0.15) is 5.82 Å². The second-order valence-corrected chi connectivity index (χ2v) is 5.61. The van der Waals surface area contributed by atoms with Gasteiger partial charge in [-0.15, -0.1) is 0 Å². The number of carbonyl (C=O) groups excluding carboxylic acids is 1. The van der Waals surface area contributed by atoms with Crippen molar-refractivity contribution in [2.24, 2.45) is 5.92 Å². The van der Waals surface area contributed by atoms with E-state index in [4.69, 9.17) is 0 Å². The van der Waals surface area contributed by atoms with Crippen LogP contribution in [0.15, 0.2) is 30.3 Å². The highest BCUT2D eigenvalue weighted by Crippen LogP contribution is 2.30. The van der Waals surface area contributed by atoms with E-state index in [0.717, 1.165) is 35.4 Å². The van der Waals surface area contributed by atoms with Crippen molar-refractivity contribution < 1.29 is 4.79 Å². The summed E-state index contributed by atoms with van der Waals surface area (Å²) < 4.78 is 0. The molecule has 4 nitrogen and oxygen atoms in total. The van der Waals surface area contributed by atoms with Crippen LogP contribution in [0.3, 0.4) is 0 Å². The third-order valence-corrected chi connectivity index (χ3v) is 4.05. The molecular formula is C17H21N3O. The van der Waals surface area contributed by atoms with Crippen LogP contribution >= 0.6 is 0 Å². The Bertz CT molecular complexity index is 664. The molecule has 1 aliphatic carbocycles. The van der Waals surface area contributed by atoms with E-state index >= 15 is 0 Å². The summed E-state index contributed by atoms with van der Waals surface area (Å²) in [5, 5.41) is 3.97. The SMILES string of the molecule is CCN(CC1CC1)C(=O)c1cc(NC)nc2ccccc12. The van der Waals surface area contributed by atoms with Gasteiger partial charge in [-0.1, -0.05) is 18.2 Å². The predicted molar refractivity (Wildman–Crippen MR) is 85.6 cm³/mol. The summed E-state index contributed by atoms with van der Waals surface area (Å²) in [5.41, 5.74) is 1.60. The molecule has 1 aliphatic rings. The summed E-state index contributed by atoms with van der Waals surface area (Å²) in [5.74, 6) is 1.55. The number of para-hydroxylation sites is 1. The first kappa shape index (κ1) is 13.9. The third-order valence-electron chi connectivity index (χ3n) is 4.05. The van der Waals surface area contributed by atoms with Crippen molar-refractivity contribution in [3.8, 4) is 0 Å². The summed E-state index contributed by atoms with van der Waals surface area (Å²) >= 11 is 0. The highest BCUT2D eigenvalue weighted by Gasteiger charge is 2.27. The number of hydrogen-bond acceptors (Lipinski definition) is 3. The standard InChI is InChI=1S/C17H21N3O/c1-3-20(11-12-8-9-12)17(21)14-10-16(18-2)19-15-7-5-4-6-13(14)15/h4-7,10,12H,3,8-9,11H2,1-2H3,(H,18,19). The van der Waals surface area contributed by atoms with E-state index in [1.165, 1.54) is 12.8 Å². The van der Waals surface area contributed by atoms with E-state index in [2.05, 4.69) is 10.3 Å². The number of carbonyl (C=O) groups is 1. The van der Waals surface area contributed by atoms with E-state index < -0.39 is 0 Å². The van der Waals surface area contributed by atoms with Gasteiger partial charge in [0.25, 0.3) is 5.91 Å². The lowest BCUT2D eigenvalue weighted by molar-refractivity contribution is 0.0759. The number of rotatable bonds is 5. The van der Waals surface area contributed by atoms with Gasteiger partial charge < -0.3 is 10.2 Å². The lowest BCUT2D eigenvalue weighted by Crippen LogP contribution is -2.33. The predicted octanol–water partition coefficient (Wildman–Crippen LogP) is 3.15. The minimum absolute atomic E-state index is 0.111. The smallest absolute Gasteiger partial charge is 0.254 e. The molecular weight excluding hydrogens is 262 g/mol. The van der Waals surface area contributed by atoms with E-state index in [1.54, 1.807) is 0 Å². The van der Waals surface area contributed by atoms with Crippen LogP contribution in [0.4, 0.5) is 5.82 Å². The van der Waals surface area contributed by atoms with Crippen LogP contribution in [0, 0.1) is 5.92 Å². The van der Waals surface area contributed by atoms with Gasteiger partial charge in [0.2, 0.25) is 0 Å². The van der Waals surface area contributed by atoms with Gasteiger partial charge in [-0.3, -0.25) is 4.79 Å². The van der Waals surface area contributed by atoms with Gasteiger partial charge in [-0.05, 0) is 37.8 Å². The Kier molecular flexibility index (Phi) is 3.78. The normalized spacial score (nSPS) is 14.2. The third kappa shape index (κ3) is 2.84. The van der Waals surface area contributed by atoms with Crippen molar-refractivity contribution >= 4 is 22.6 Å². The summed E-state index contributed by atoms with van der Waals surface area (Å²) in [7, 11) is 1.83. The van der Waals surface area contributed by atoms with Crippen LogP contribution < -0.4 is 5.32 Å². The van der Waals surface area contributed by atoms with Crippen molar-refractivity contribution in [1.29, 1.82) is 0 Å². The average Bonchev–Trinajstić information content (AvgIpc) is 3.34. The van der Waals surface area contributed by atoms with Crippen LogP contribution in [0.2, 0.25) is 0 Å². The summed E-state index contributed by atoms with van der Waals surface area (Å²) in [4.78, 5) is 19.4. The van der Waals surface area contributed by atoms with Crippen molar-refractivity contribution in [3.05, 3.63) is 35.9 Å². The number of hydrogen-bond donors (Lipinski definition) is 1. The molecule has 0 radical (unpaired) electrons. The highest BCUT2D eigenvalue weighted by atomic mass is 16.2.